The van der Waals surface area contributed by atoms with Crippen LogP contribution >= 0.6 is 0 Å². The highest BCUT2D eigenvalue weighted by Gasteiger charge is 2.21. The van der Waals surface area contributed by atoms with E-state index < -0.39 is 11.5 Å². The van der Waals surface area contributed by atoms with E-state index in [2.05, 4.69) is 9.97 Å². The maximum atomic E-state index is 13.2. The van der Waals surface area contributed by atoms with Crippen LogP contribution in [0.4, 0.5) is 10.3 Å². The molecule has 0 unspecified atom stereocenters. The number of piperidine rings is 1. The second-order valence-electron chi connectivity index (χ2n) is 7.00. The minimum absolute atomic E-state index is 0.163. The Kier molecular flexibility index (Phi) is 5.24. The first-order valence-electron chi connectivity index (χ1n) is 9.56. The summed E-state index contributed by atoms with van der Waals surface area (Å²) >= 11 is 0. The van der Waals surface area contributed by atoms with Crippen LogP contribution in [-0.2, 0) is 16.1 Å². The smallest absolute Gasteiger partial charge is 0.325 e. The Morgan fingerprint density at radius 1 is 1.07 bits per heavy atom. The fourth-order valence-corrected chi connectivity index (χ4v) is 3.54. The van der Waals surface area contributed by atoms with E-state index >= 15 is 0 Å². The van der Waals surface area contributed by atoms with Crippen molar-refractivity contribution in [2.45, 2.75) is 25.8 Å². The van der Waals surface area contributed by atoms with Gasteiger partial charge in [-0.3, -0.25) is 14.2 Å². The molecule has 0 aliphatic carbocycles. The molecular formula is C21H21FN4O3. The maximum Gasteiger partial charge on any atom is 0.325 e. The number of hydrogen-bond acceptors (Lipinski definition) is 6. The van der Waals surface area contributed by atoms with Crippen LogP contribution in [0.15, 0.2) is 41.2 Å². The average Bonchev–Trinajstić information content (AvgIpc) is 2.76. The number of fused-ring (bicyclic) bond motifs is 1. The Labute approximate surface area is 166 Å². The number of pyridine rings is 1. The van der Waals surface area contributed by atoms with Gasteiger partial charge in [0, 0.05) is 18.7 Å². The molecular weight excluding hydrogens is 375 g/mol. The number of rotatable bonds is 4. The van der Waals surface area contributed by atoms with Gasteiger partial charge >= 0.3 is 5.97 Å². The average molecular weight is 396 g/mol. The van der Waals surface area contributed by atoms with Gasteiger partial charge in [-0.1, -0.05) is 0 Å². The normalized spacial score (nSPS) is 14.2. The van der Waals surface area contributed by atoms with Crippen molar-refractivity contribution in [1.29, 1.82) is 0 Å². The number of carbonyl (C=O) groups is 1. The van der Waals surface area contributed by atoms with Crippen molar-refractivity contribution in [1.82, 2.24) is 14.5 Å². The zero-order valence-electron chi connectivity index (χ0n) is 16.1. The molecule has 2 aromatic heterocycles. The Bertz CT molecular complexity index is 1110. The molecule has 8 heteroatoms. The Morgan fingerprint density at radius 3 is 2.48 bits per heavy atom. The summed E-state index contributed by atoms with van der Waals surface area (Å²) in [5.74, 6) is -0.409. The lowest BCUT2D eigenvalue weighted by molar-refractivity contribution is -0.141. The molecule has 0 atom stereocenters. The predicted molar refractivity (Wildman–Crippen MR) is 107 cm³/mol. The lowest BCUT2D eigenvalue weighted by atomic mass is 10.1. The van der Waals surface area contributed by atoms with E-state index in [1.165, 1.54) is 23.8 Å². The number of ether oxygens (including phenoxy) is 1. The molecule has 0 saturated carbocycles. The second kappa shape index (κ2) is 7.98. The monoisotopic (exact) mass is 396 g/mol. The molecule has 29 heavy (non-hydrogen) atoms. The molecule has 1 aromatic carbocycles. The minimum atomic E-state index is -0.527. The van der Waals surface area contributed by atoms with E-state index in [1.807, 2.05) is 4.90 Å². The van der Waals surface area contributed by atoms with Gasteiger partial charge in [0.05, 0.1) is 18.3 Å². The molecule has 4 rings (SSSR count). The van der Waals surface area contributed by atoms with E-state index in [9.17, 15) is 14.0 Å². The van der Waals surface area contributed by atoms with Crippen LogP contribution < -0.4 is 10.5 Å². The van der Waals surface area contributed by atoms with Crippen molar-refractivity contribution in [3.05, 3.63) is 52.6 Å². The molecule has 0 N–H and O–H groups in total. The molecule has 0 bridgehead atoms. The van der Waals surface area contributed by atoms with E-state index in [1.54, 1.807) is 24.3 Å². The summed E-state index contributed by atoms with van der Waals surface area (Å²) < 4.78 is 19.3. The summed E-state index contributed by atoms with van der Waals surface area (Å²) in [7, 11) is 1.29. The van der Waals surface area contributed by atoms with Crippen LogP contribution in [0.25, 0.3) is 22.3 Å². The summed E-state index contributed by atoms with van der Waals surface area (Å²) in [6, 6.07) is 9.38. The van der Waals surface area contributed by atoms with Crippen molar-refractivity contribution in [2.24, 2.45) is 0 Å². The van der Waals surface area contributed by atoms with Crippen molar-refractivity contribution >= 4 is 23.0 Å². The zero-order chi connectivity index (χ0) is 20.4. The Balaban J connectivity index is 1.86. The van der Waals surface area contributed by atoms with E-state index in [0.29, 0.717) is 22.7 Å². The van der Waals surface area contributed by atoms with Crippen molar-refractivity contribution in [2.75, 3.05) is 25.1 Å². The lowest BCUT2D eigenvalue weighted by Crippen LogP contribution is -2.38. The Hall–Kier alpha value is -3.29. The van der Waals surface area contributed by atoms with Crippen LogP contribution in [0.3, 0.4) is 0 Å². The number of esters is 1. The summed E-state index contributed by atoms with van der Waals surface area (Å²) in [4.78, 5) is 36.3. The van der Waals surface area contributed by atoms with Gasteiger partial charge in [0.25, 0.3) is 5.56 Å². The number of aromatic nitrogens is 3. The summed E-state index contributed by atoms with van der Waals surface area (Å²) in [6.45, 7) is 1.33. The number of nitrogens with zero attached hydrogens (tertiary/aromatic N) is 4. The van der Waals surface area contributed by atoms with Gasteiger partial charge in [0.2, 0.25) is 5.95 Å². The predicted octanol–water partition coefficient (Wildman–Crippen LogP) is 2.76. The van der Waals surface area contributed by atoms with Gasteiger partial charge in [-0.2, -0.15) is 0 Å². The number of hydrogen-bond donors (Lipinski definition) is 0. The molecule has 0 spiro atoms. The zero-order valence-corrected chi connectivity index (χ0v) is 16.1. The summed E-state index contributed by atoms with van der Waals surface area (Å²) in [6.07, 6.45) is 3.15. The topological polar surface area (TPSA) is 77.3 Å². The second-order valence-corrected chi connectivity index (χ2v) is 7.00. The van der Waals surface area contributed by atoms with E-state index in [-0.39, 0.29) is 17.9 Å². The first kappa shape index (κ1) is 19.0. The number of halogens is 1. The SMILES string of the molecule is COC(=O)Cn1c(N2CCCCC2)nc2ccc(-c3ccc(F)cc3)nc2c1=O. The third-order valence-corrected chi connectivity index (χ3v) is 5.08. The fourth-order valence-electron chi connectivity index (χ4n) is 3.54. The highest BCUT2D eigenvalue weighted by Crippen LogP contribution is 2.22. The molecule has 0 amide bonds. The van der Waals surface area contributed by atoms with Gasteiger partial charge in [-0.15, -0.1) is 0 Å². The molecule has 3 heterocycles. The molecule has 1 aliphatic rings. The van der Waals surface area contributed by atoms with E-state index in [4.69, 9.17) is 4.74 Å². The fraction of sp³-hybridized carbons (Fsp3) is 0.333. The van der Waals surface area contributed by atoms with Gasteiger partial charge in [0.15, 0.2) is 5.52 Å². The number of methoxy groups -OCH3 is 1. The summed E-state index contributed by atoms with van der Waals surface area (Å²) in [5, 5.41) is 0. The molecule has 7 nitrogen and oxygen atoms in total. The lowest BCUT2D eigenvalue weighted by Gasteiger charge is -2.29. The van der Waals surface area contributed by atoms with Crippen molar-refractivity contribution in [3.63, 3.8) is 0 Å². The quantitative estimate of drug-likeness (QED) is 0.631. The molecule has 1 aliphatic heterocycles. The molecule has 3 aromatic rings. The van der Waals surface area contributed by atoms with Gasteiger partial charge in [-0.05, 0) is 55.7 Å². The number of carbonyl (C=O) groups excluding carboxylic acids is 1. The van der Waals surface area contributed by atoms with Gasteiger partial charge in [0.1, 0.15) is 12.4 Å². The number of anilines is 1. The van der Waals surface area contributed by atoms with Crippen molar-refractivity contribution < 1.29 is 13.9 Å². The van der Waals surface area contributed by atoms with Gasteiger partial charge in [-0.25, -0.2) is 14.4 Å². The maximum absolute atomic E-state index is 13.2. The van der Waals surface area contributed by atoms with Gasteiger partial charge < -0.3 is 9.64 Å². The van der Waals surface area contributed by atoms with Crippen LogP contribution in [0.1, 0.15) is 19.3 Å². The first-order chi connectivity index (χ1) is 14.1. The molecule has 0 radical (unpaired) electrons. The van der Waals surface area contributed by atoms with Crippen LogP contribution in [0.5, 0.6) is 0 Å². The Morgan fingerprint density at radius 2 is 1.79 bits per heavy atom. The van der Waals surface area contributed by atoms with E-state index in [0.717, 1.165) is 32.4 Å². The molecule has 1 saturated heterocycles. The van der Waals surface area contributed by atoms with Crippen molar-refractivity contribution in [3.8, 4) is 11.3 Å². The largest absolute Gasteiger partial charge is 0.468 e. The third kappa shape index (κ3) is 3.83. The molecule has 150 valence electrons. The van der Waals surface area contributed by atoms with Crippen LogP contribution in [-0.4, -0.2) is 40.7 Å². The standard InChI is InChI=1S/C21H21FN4O3/c1-29-18(27)13-26-20(28)19-17(24-21(26)25-11-3-2-4-12-25)10-9-16(23-19)14-5-7-15(22)8-6-14/h5-10H,2-4,11-13H2,1H3. The third-order valence-electron chi connectivity index (χ3n) is 5.08. The number of benzene rings is 1. The first-order valence-corrected chi connectivity index (χ1v) is 9.56. The summed E-state index contributed by atoms with van der Waals surface area (Å²) in [5.41, 5.74) is 1.45. The van der Waals surface area contributed by atoms with Crippen LogP contribution in [0, 0.1) is 5.82 Å². The minimum Gasteiger partial charge on any atom is -0.468 e. The highest BCUT2D eigenvalue weighted by molar-refractivity contribution is 5.79. The highest BCUT2D eigenvalue weighted by atomic mass is 19.1. The molecule has 1 fully saturated rings. The van der Waals surface area contributed by atoms with Crippen LogP contribution in [0.2, 0.25) is 0 Å².